The van der Waals surface area contributed by atoms with Gasteiger partial charge in [-0.05, 0) is 37.5 Å². The van der Waals surface area contributed by atoms with Crippen LogP contribution in [0, 0.1) is 0 Å². The minimum atomic E-state index is -4.76. The molecule has 0 saturated carbocycles. The fourth-order valence-electron chi connectivity index (χ4n) is 1.63. The molecule has 1 aromatic rings. The first-order chi connectivity index (χ1) is 9.74. The van der Waals surface area contributed by atoms with Gasteiger partial charge in [0.1, 0.15) is 0 Å². The molecule has 120 valence electrons. The van der Waals surface area contributed by atoms with Gasteiger partial charge in [-0.2, -0.15) is 13.2 Å². The Morgan fingerprint density at radius 1 is 1.00 bits per heavy atom. The number of benzene rings is 1. The fraction of sp³-hybridized carbons (Fsp3) is 0.600. The number of ether oxygens (including phenoxy) is 2. The third kappa shape index (κ3) is 4.27. The molecular formula is C15H21F3O3. The number of rotatable bonds is 7. The van der Waals surface area contributed by atoms with E-state index in [0.29, 0.717) is 25.4 Å². The summed E-state index contributed by atoms with van der Waals surface area (Å²) in [6, 6.07) is 3.79. The van der Waals surface area contributed by atoms with Gasteiger partial charge in [0.25, 0.3) is 0 Å². The van der Waals surface area contributed by atoms with Crippen LogP contribution in [0.4, 0.5) is 13.2 Å². The zero-order valence-corrected chi connectivity index (χ0v) is 12.5. The molecule has 6 heteroatoms. The van der Waals surface area contributed by atoms with E-state index in [-0.39, 0.29) is 11.3 Å². The highest BCUT2D eigenvalue weighted by molar-refractivity contribution is 5.45. The Bertz CT molecular complexity index is 456. The Morgan fingerprint density at radius 3 is 2.00 bits per heavy atom. The first-order valence-corrected chi connectivity index (χ1v) is 6.93. The average Bonchev–Trinajstić information content (AvgIpc) is 2.41. The Kier molecular flexibility index (Phi) is 5.89. The first kappa shape index (κ1) is 17.6. The van der Waals surface area contributed by atoms with E-state index in [2.05, 4.69) is 0 Å². The summed E-state index contributed by atoms with van der Waals surface area (Å²) in [4.78, 5) is 0. The van der Waals surface area contributed by atoms with Crippen molar-refractivity contribution in [1.29, 1.82) is 0 Å². The zero-order chi connectivity index (χ0) is 16.1. The molecule has 0 aromatic heterocycles. The molecule has 0 saturated heterocycles. The van der Waals surface area contributed by atoms with Gasteiger partial charge in [-0.1, -0.05) is 19.9 Å². The van der Waals surface area contributed by atoms with Crippen LogP contribution in [0.1, 0.15) is 39.2 Å². The molecule has 21 heavy (non-hydrogen) atoms. The molecule has 0 bridgehead atoms. The Labute approximate surface area is 122 Å². The molecule has 0 fully saturated rings. The molecule has 0 radical (unpaired) electrons. The van der Waals surface area contributed by atoms with E-state index in [9.17, 15) is 18.3 Å². The van der Waals surface area contributed by atoms with Gasteiger partial charge in [0.15, 0.2) is 17.1 Å². The molecule has 0 amide bonds. The lowest BCUT2D eigenvalue weighted by Gasteiger charge is -2.27. The smallest absolute Gasteiger partial charge is 0.421 e. The molecule has 0 spiro atoms. The second kappa shape index (κ2) is 7.02. The molecule has 0 heterocycles. The van der Waals surface area contributed by atoms with Crippen LogP contribution in [0.3, 0.4) is 0 Å². The highest BCUT2D eigenvalue weighted by Gasteiger charge is 2.51. The van der Waals surface area contributed by atoms with Gasteiger partial charge in [-0.15, -0.1) is 0 Å². The third-order valence-electron chi connectivity index (χ3n) is 2.98. The summed E-state index contributed by atoms with van der Waals surface area (Å²) in [7, 11) is 0. The minimum Gasteiger partial charge on any atom is -0.490 e. The third-order valence-corrected chi connectivity index (χ3v) is 2.98. The maximum atomic E-state index is 12.9. The summed E-state index contributed by atoms with van der Waals surface area (Å²) in [6.07, 6.45) is -3.27. The van der Waals surface area contributed by atoms with E-state index in [1.54, 1.807) is 0 Å². The molecule has 1 N–H and O–H groups in total. The van der Waals surface area contributed by atoms with E-state index < -0.39 is 11.8 Å². The van der Waals surface area contributed by atoms with Crippen molar-refractivity contribution in [2.24, 2.45) is 0 Å². The van der Waals surface area contributed by atoms with Crippen LogP contribution < -0.4 is 9.47 Å². The monoisotopic (exact) mass is 306 g/mol. The van der Waals surface area contributed by atoms with Gasteiger partial charge in [-0.3, -0.25) is 0 Å². The summed E-state index contributed by atoms with van der Waals surface area (Å²) in [5, 5.41) is 9.72. The molecule has 1 rings (SSSR count). The van der Waals surface area contributed by atoms with Gasteiger partial charge in [0.2, 0.25) is 0 Å². The van der Waals surface area contributed by atoms with Crippen LogP contribution in [0.5, 0.6) is 11.5 Å². The number of hydrogen-bond acceptors (Lipinski definition) is 3. The van der Waals surface area contributed by atoms with Crippen molar-refractivity contribution in [2.45, 2.75) is 45.4 Å². The molecule has 1 unspecified atom stereocenters. The molecule has 1 atom stereocenters. The lowest BCUT2D eigenvalue weighted by Crippen LogP contribution is -2.39. The highest BCUT2D eigenvalue weighted by atomic mass is 19.4. The van der Waals surface area contributed by atoms with Crippen molar-refractivity contribution in [3.63, 3.8) is 0 Å². The zero-order valence-electron chi connectivity index (χ0n) is 12.5. The molecule has 0 aliphatic rings. The second-order valence-electron chi connectivity index (χ2n) is 4.93. The average molecular weight is 306 g/mol. The van der Waals surface area contributed by atoms with E-state index in [1.165, 1.54) is 18.2 Å². The van der Waals surface area contributed by atoms with Gasteiger partial charge in [0, 0.05) is 0 Å². The normalized spacial score (nSPS) is 14.6. The van der Waals surface area contributed by atoms with Gasteiger partial charge in [-0.25, -0.2) is 0 Å². The van der Waals surface area contributed by atoms with Crippen LogP contribution >= 0.6 is 0 Å². The number of alkyl halides is 3. The summed E-state index contributed by atoms with van der Waals surface area (Å²) < 4.78 is 49.5. The van der Waals surface area contributed by atoms with Crippen molar-refractivity contribution in [3.8, 4) is 11.5 Å². The van der Waals surface area contributed by atoms with E-state index in [1.807, 2.05) is 13.8 Å². The fourth-order valence-corrected chi connectivity index (χ4v) is 1.63. The predicted molar refractivity (Wildman–Crippen MR) is 73.6 cm³/mol. The molecule has 1 aromatic carbocycles. The Morgan fingerprint density at radius 2 is 1.52 bits per heavy atom. The maximum Gasteiger partial charge on any atom is 0.421 e. The molecule has 3 nitrogen and oxygen atoms in total. The Hall–Kier alpha value is -1.43. The lowest BCUT2D eigenvalue weighted by atomic mass is 9.95. The quantitative estimate of drug-likeness (QED) is 0.826. The predicted octanol–water partition coefficient (Wildman–Crippen LogP) is 4.03. The Balaban J connectivity index is 3.14. The second-order valence-corrected chi connectivity index (χ2v) is 4.93. The summed E-state index contributed by atoms with van der Waals surface area (Å²) in [5.41, 5.74) is -3.20. The molecule has 0 aliphatic heterocycles. The van der Waals surface area contributed by atoms with Crippen LogP contribution in [0.25, 0.3) is 0 Å². The van der Waals surface area contributed by atoms with Gasteiger partial charge >= 0.3 is 6.18 Å². The highest BCUT2D eigenvalue weighted by Crippen LogP contribution is 2.41. The summed E-state index contributed by atoms with van der Waals surface area (Å²) in [6.45, 7) is 5.34. The minimum absolute atomic E-state index is 0.215. The number of halogens is 3. The van der Waals surface area contributed by atoms with Crippen molar-refractivity contribution < 1.29 is 27.8 Å². The van der Waals surface area contributed by atoms with Crippen molar-refractivity contribution in [3.05, 3.63) is 23.8 Å². The van der Waals surface area contributed by atoms with Crippen LogP contribution in [0.15, 0.2) is 18.2 Å². The van der Waals surface area contributed by atoms with E-state index in [4.69, 9.17) is 9.47 Å². The standard InChI is InChI=1S/C15H21F3O3/c1-4-8-20-12-7-6-11(10-13(12)21-9-5-2)14(3,19)15(16,17)18/h6-7,10,19H,4-5,8-9H2,1-3H3. The molecular weight excluding hydrogens is 285 g/mol. The van der Waals surface area contributed by atoms with Crippen LogP contribution in [-0.2, 0) is 5.60 Å². The first-order valence-electron chi connectivity index (χ1n) is 6.93. The lowest BCUT2D eigenvalue weighted by molar-refractivity contribution is -0.258. The number of aliphatic hydroxyl groups is 1. The topological polar surface area (TPSA) is 38.7 Å². The van der Waals surface area contributed by atoms with Crippen molar-refractivity contribution in [1.82, 2.24) is 0 Å². The van der Waals surface area contributed by atoms with E-state index >= 15 is 0 Å². The molecule has 0 aliphatic carbocycles. The largest absolute Gasteiger partial charge is 0.490 e. The van der Waals surface area contributed by atoms with E-state index in [0.717, 1.165) is 13.3 Å². The van der Waals surface area contributed by atoms with Crippen LogP contribution in [0.2, 0.25) is 0 Å². The van der Waals surface area contributed by atoms with Gasteiger partial charge in [0.05, 0.1) is 13.2 Å². The van der Waals surface area contributed by atoms with Crippen molar-refractivity contribution >= 4 is 0 Å². The van der Waals surface area contributed by atoms with Crippen molar-refractivity contribution in [2.75, 3.05) is 13.2 Å². The summed E-state index contributed by atoms with van der Waals surface area (Å²) in [5.74, 6) is 0.597. The van der Waals surface area contributed by atoms with Crippen LogP contribution in [-0.4, -0.2) is 24.5 Å². The van der Waals surface area contributed by atoms with Gasteiger partial charge < -0.3 is 14.6 Å². The maximum absolute atomic E-state index is 12.9. The summed E-state index contributed by atoms with van der Waals surface area (Å²) >= 11 is 0. The SMILES string of the molecule is CCCOc1ccc(C(C)(O)C(F)(F)F)cc1OCCC. The number of hydrogen-bond donors (Lipinski definition) is 1.